The van der Waals surface area contributed by atoms with Gasteiger partial charge in [-0.1, -0.05) is 0 Å². The second-order valence-electron chi connectivity index (χ2n) is 2.53. The smallest absolute Gasteiger partial charge is 0.211 e. The molecule has 3 nitrogen and oxygen atoms in total. The summed E-state index contributed by atoms with van der Waals surface area (Å²) in [6.45, 7) is 0.849. The average molecular weight is 143 g/mol. The van der Waals surface area contributed by atoms with Gasteiger partial charge in [0.05, 0.1) is 0 Å². The van der Waals surface area contributed by atoms with Crippen molar-refractivity contribution in [3.63, 3.8) is 0 Å². The second kappa shape index (κ2) is 3.56. The average Bonchev–Trinajstić information content (AvgIpc) is 2.04. The Labute approximate surface area is 61.0 Å². The Morgan fingerprint density at radius 2 is 2.40 bits per heavy atom. The first kappa shape index (κ1) is 7.54. The predicted molar refractivity (Wildman–Crippen MR) is 37.4 cm³/mol. The molecule has 3 heteroatoms. The third-order valence-electron chi connectivity index (χ3n) is 1.89. The number of hydrogen-bond donors (Lipinski definition) is 0. The summed E-state index contributed by atoms with van der Waals surface area (Å²) in [7, 11) is 1.65. The summed E-state index contributed by atoms with van der Waals surface area (Å²) in [4.78, 5) is 12.1. The van der Waals surface area contributed by atoms with E-state index < -0.39 is 0 Å². The van der Waals surface area contributed by atoms with Gasteiger partial charge in [0.15, 0.2) is 0 Å². The zero-order valence-electron chi connectivity index (χ0n) is 6.25. The van der Waals surface area contributed by atoms with Gasteiger partial charge in [-0.3, -0.25) is 4.79 Å². The van der Waals surface area contributed by atoms with Crippen molar-refractivity contribution in [2.24, 2.45) is 0 Å². The topological polar surface area (TPSA) is 29.5 Å². The molecule has 0 aliphatic carbocycles. The molecule has 1 amide bonds. The van der Waals surface area contributed by atoms with E-state index in [1.54, 1.807) is 12.0 Å². The van der Waals surface area contributed by atoms with Gasteiger partial charge in [0.1, 0.15) is 6.23 Å². The van der Waals surface area contributed by atoms with Crippen molar-refractivity contribution in [1.82, 2.24) is 4.90 Å². The summed E-state index contributed by atoms with van der Waals surface area (Å²) in [5.41, 5.74) is 0. The highest BCUT2D eigenvalue weighted by molar-refractivity contribution is 5.47. The van der Waals surface area contributed by atoms with Gasteiger partial charge in [-0.15, -0.1) is 0 Å². The van der Waals surface area contributed by atoms with Crippen LogP contribution in [0.1, 0.15) is 19.3 Å². The minimum absolute atomic E-state index is 0.0336. The molecule has 1 atom stereocenters. The van der Waals surface area contributed by atoms with Crippen LogP contribution in [0.15, 0.2) is 0 Å². The quantitative estimate of drug-likeness (QED) is 0.530. The molecule has 58 valence electrons. The fourth-order valence-corrected chi connectivity index (χ4v) is 1.30. The van der Waals surface area contributed by atoms with Gasteiger partial charge in [0.25, 0.3) is 0 Å². The van der Waals surface area contributed by atoms with Crippen LogP contribution in [0.5, 0.6) is 0 Å². The van der Waals surface area contributed by atoms with E-state index >= 15 is 0 Å². The predicted octanol–water partition coefficient (Wildman–Crippen LogP) is 0.601. The van der Waals surface area contributed by atoms with Gasteiger partial charge in [-0.2, -0.15) is 0 Å². The van der Waals surface area contributed by atoms with Gasteiger partial charge >= 0.3 is 0 Å². The van der Waals surface area contributed by atoms with Crippen molar-refractivity contribution in [2.75, 3.05) is 13.7 Å². The molecule has 1 fully saturated rings. The van der Waals surface area contributed by atoms with Crippen molar-refractivity contribution in [2.45, 2.75) is 25.5 Å². The van der Waals surface area contributed by atoms with Crippen molar-refractivity contribution in [3.05, 3.63) is 0 Å². The summed E-state index contributed by atoms with van der Waals surface area (Å²) in [6, 6.07) is 0. The van der Waals surface area contributed by atoms with E-state index in [1.165, 1.54) is 6.42 Å². The molecular formula is C7H13NO2. The van der Waals surface area contributed by atoms with Crippen molar-refractivity contribution < 1.29 is 9.53 Å². The summed E-state index contributed by atoms with van der Waals surface area (Å²) in [5, 5.41) is 0. The lowest BCUT2D eigenvalue weighted by Crippen LogP contribution is -2.39. The van der Waals surface area contributed by atoms with Crippen LogP contribution in [0.2, 0.25) is 0 Å². The van der Waals surface area contributed by atoms with E-state index in [-0.39, 0.29) is 6.23 Å². The minimum atomic E-state index is 0.0336. The molecule has 1 unspecified atom stereocenters. The minimum Gasteiger partial charge on any atom is -0.362 e. The molecule has 0 N–H and O–H groups in total. The Hall–Kier alpha value is -0.570. The lowest BCUT2D eigenvalue weighted by Gasteiger charge is -2.30. The molecule has 10 heavy (non-hydrogen) atoms. The molecule has 1 heterocycles. The number of rotatable bonds is 2. The highest BCUT2D eigenvalue weighted by Gasteiger charge is 2.19. The molecule has 1 aliphatic heterocycles. The molecular weight excluding hydrogens is 130 g/mol. The highest BCUT2D eigenvalue weighted by atomic mass is 16.5. The fraction of sp³-hybridized carbons (Fsp3) is 0.857. The lowest BCUT2D eigenvalue weighted by molar-refractivity contribution is -0.133. The second-order valence-corrected chi connectivity index (χ2v) is 2.53. The fourth-order valence-electron chi connectivity index (χ4n) is 1.30. The Balaban J connectivity index is 2.41. The van der Waals surface area contributed by atoms with Crippen LogP contribution in [0.4, 0.5) is 0 Å². The molecule has 0 aromatic rings. The number of carbonyl (C=O) groups is 1. The Bertz CT molecular complexity index is 116. The summed E-state index contributed by atoms with van der Waals surface area (Å²) < 4.78 is 5.09. The zero-order chi connectivity index (χ0) is 7.40. The summed E-state index contributed by atoms with van der Waals surface area (Å²) in [6.07, 6.45) is 4.16. The van der Waals surface area contributed by atoms with E-state index in [2.05, 4.69) is 0 Å². The van der Waals surface area contributed by atoms with Gasteiger partial charge in [-0.25, -0.2) is 0 Å². The zero-order valence-corrected chi connectivity index (χ0v) is 6.25. The van der Waals surface area contributed by atoms with Crippen LogP contribution >= 0.6 is 0 Å². The van der Waals surface area contributed by atoms with Gasteiger partial charge in [0.2, 0.25) is 6.41 Å². The van der Waals surface area contributed by atoms with Crippen LogP contribution in [-0.4, -0.2) is 31.2 Å². The number of piperidine rings is 1. The molecule has 0 aromatic heterocycles. The van der Waals surface area contributed by atoms with E-state index in [1.807, 2.05) is 0 Å². The standard InChI is InChI=1S/C7H13NO2/c1-10-7-4-2-3-5-8(7)6-9/h6-7H,2-5H2,1H3. The lowest BCUT2D eigenvalue weighted by atomic mass is 10.1. The maximum absolute atomic E-state index is 10.4. The Morgan fingerprint density at radius 1 is 1.60 bits per heavy atom. The monoisotopic (exact) mass is 143 g/mol. The maximum Gasteiger partial charge on any atom is 0.211 e. The molecule has 0 bridgehead atoms. The third kappa shape index (κ3) is 1.48. The maximum atomic E-state index is 10.4. The Kier molecular flexibility index (Phi) is 2.68. The van der Waals surface area contributed by atoms with Gasteiger partial charge in [0, 0.05) is 13.7 Å². The van der Waals surface area contributed by atoms with E-state index in [4.69, 9.17) is 4.74 Å². The normalized spacial score (nSPS) is 26.5. The molecule has 0 radical (unpaired) electrons. The number of nitrogens with zero attached hydrogens (tertiary/aromatic N) is 1. The highest BCUT2D eigenvalue weighted by Crippen LogP contribution is 2.14. The van der Waals surface area contributed by atoms with Crippen LogP contribution in [0.3, 0.4) is 0 Å². The molecule has 0 spiro atoms. The van der Waals surface area contributed by atoms with Crippen molar-refractivity contribution in [3.8, 4) is 0 Å². The molecule has 1 rings (SSSR count). The number of amides is 1. The van der Waals surface area contributed by atoms with Crippen LogP contribution < -0.4 is 0 Å². The number of carbonyl (C=O) groups excluding carboxylic acids is 1. The number of ether oxygens (including phenoxy) is 1. The SMILES string of the molecule is COC1CCCCN1C=O. The molecule has 0 saturated carbocycles. The van der Waals surface area contributed by atoms with E-state index in [0.717, 1.165) is 25.8 Å². The van der Waals surface area contributed by atoms with E-state index in [9.17, 15) is 4.79 Å². The Morgan fingerprint density at radius 3 is 2.90 bits per heavy atom. The number of hydrogen-bond acceptors (Lipinski definition) is 2. The van der Waals surface area contributed by atoms with Crippen LogP contribution in [0, 0.1) is 0 Å². The van der Waals surface area contributed by atoms with Crippen LogP contribution in [0.25, 0.3) is 0 Å². The summed E-state index contributed by atoms with van der Waals surface area (Å²) in [5.74, 6) is 0. The third-order valence-corrected chi connectivity index (χ3v) is 1.89. The van der Waals surface area contributed by atoms with Crippen molar-refractivity contribution >= 4 is 6.41 Å². The van der Waals surface area contributed by atoms with Gasteiger partial charge < -0.3 is 9.64 Å². The number of likely N-dealkylation sites (tertiary alicyclic amines) is 1. The first-order chi connectivity index (χ1) is 4.88. The van der Waals surface area contributed by atoms with Crippen LogP contribution in [-0.2, 0) is 9.53 Å². The van der Waals surface area contributed by atoms with E-state index in [0.29, 0.717) is 0 Å². The molecule has 1 aliphatic rings. The van der Waals surface area contributed by atoms with Crippen molar-refractivity contribution in [1.29, 1.82) is 0 Å². The van der Waals surface area contributed by atoms with Gasteiger partial charge in [-0.05, 0) is 19.3 Å². The molecule has 0 aromatic carbocycles. The summed E-state index contributed by atoms with van der Waals surface area (Å²) >= 11 is 0. The first-order valence-electron chi connectivity index (χ1n) is 3.62. The number of methoxy groups -OCH3 is 1. The molecule has 1 saturated heterocycles. The first-order valence-corrected chi connectivity index (χ1v) is 3.62. The largest absolute Gasteiger partial charge is 0.362 e.